The van der Waals surface area contributed by atoms with E-state index < -0.39 is 16.2 Å². The van der Waals surface area contributed by atoms with Gasteiger partial charge in [-0.15, -0.1) is 12.4 Å². The molecule has 20 heavy (non-hydrogen) atoms. The lowest BCUT2D eigenvalue weighted by molar-refractivity contribution is -0.140. The van der Waals surface area contributed by atoms with Gasteiger partial charge in [-0.2, -0.15) is 12.7 Å². The van der Waals surface area contributed by atoms with Crippen LogP contribution in [0.4, 0.5) is 0 Å². The minimum Gasteiger partial charge on any atom is -0.469 e. The Morgan fingerprint density at radius 2 is 2.20 bits per heavy atom. The van der Waals surface area contributed by atoms with Gasteiger partial charge in [0.15, 0.2) is 0 Å². The smallest absolute Gasteiger partial charge is 0.306 e. The molecule has 0 aromatic carbocycles. The Balaban J connectivity index is 0.00000361. The molecule has 1 saturated heterocycles. The van der Waals surface area contributed by atoms with Gasteiger partial charge in [0, 0.05) is 20.1 Å². The number of ether oxygens (including phenoxy) is 1. The van der Waals surface area contributed by atoms with E-state index in [0.717, 1.165) is 30.2 Å². The highest BCUT2D eigenvalue weighted by molar-refractivity contribution is 7.87. The maximum Gasteiger partial charge on any atom is 0.306 e. The third kappa shape index (κ3) is 6.85. The molecule has 1 aliphatic rings. The summed E-state index contributed by atoms with van der Waals surface area (Å²) >= 11 is 0. The van der Waals surface area contributed by atoms with Crippen molar-refractivity contribution in [1.29, 1.82) is 0 Å². The molecule has 0 radical (unpaired) electrons. The predicted octanol–water partition coefficient (Wildman–Crippen LogP) is -0.263. The van der Waals surface area contributed by atoms with Crippen molar-refractivity contribution >= 4 is 28.6 Å². The zero-order chi connectivity index (χ0) is 14.3. The topological polar surface area (TPSA) is 87.7 Å². The molecule has 1 heterocycles. The second-order valence-corrected chi connectivity index (χ2v) is 6.56. The molecule has 0 aliphatic carbocycles. The Labute approximate surface area is 127 Å². The van der Waals surface area contributed by atoms with E-state index in [0.29, 0.717) is 12.5 Å². The molecule has 1 rings (SSSR count). The average Bonchev–Trinajstić information content (AvgIpc) is 2.88. The number of halogens is 1. The second-order valence-electron chi connectivity index (χ2n) is 4.69. The van der Waals surface area contributed by atoms with Crippen LogP contribution in [-0.2, 0) is 19.7 Å². The molecule has 9 heteroatoms. The van der Waals surface area contributed by atoms with Crippen molar-refractivity contribution in [3.63, 3.8) is 0 Å². The standard InChI is InChI=1S/C11H23N3O4S.ClH/c1-14(8-5-11(15)18-2)19(16,17)13-7-4-10-3-6-12-9-10;/h10,12-13H,3-9H2,1-2H3;1H. The normalized spacial score (nSPS) is 18.9. The van der Waals surface area contributed by atoms with Crippen molar-refractivity contribution in [3.8, 4) is 0 Å². The zero-order valence-corrected chi connectivity index (χ0v) is 13.6. The summed E-state index contributed by atoms with van der Waals surface area (Å²) < 4.78 is 31.9. The van der Waals surface area contributed by atoms with Crippen LogP contribution in [0, 0.1) is 5.92 Å². The van der Waals surface area contributed by atoms with E-state index in [4.69, 9.17) is 0 Å². The van der Waals surface area contributed by atoms with Gasteiger partial charge in [-0.1, -0.05) is 0 Å². The summed E-state index contributed by atoms with van der Waals surface area (Å²) in [5, 5.41) is 3.24. The summed E-state index contributed by atoms with van der Waals surface area (Å²) in [5.41, 5.74) is 0. The fourth-order valence-electron chi connectivity index (χ4n) is 1.93. The van der Waals surface area contributed by atoms with Crippen LogP contribution < -0.4 is 10.0 Å². The second kappa shape index (κ2) is 9.51. The summed E-state index contributed by atoms with van der Waals surface area (Å²) in [6, 6.07) is 0. The third-order valence-electron chi connectivity index (χ3n) is 3.27. The number of carbonyl (C=O) groups is 1. The van der Waals surface area contributed by atoms with Crippen molar-refractivity contribution < 1.29 is 17.9 Å². The highest BCUT2D eigenvalue weighted by atomic mass is 35.5. The fourth-order valence-corrected chi connectivity index (χ4v) is 2.86. The molecule has 1 aliphatic heterocycles. The van der Waals surface area contributed by atoms with Crippen molar-refractivity contribution in [2.75, 3.05) is 40.3 Å². The van der Waals surface area contributed by atoms with Gasteiger partial charge < -0.3 is 10.1 Å². The molecule has 0 saturated carbocycles. The van der Waals surface area contributed by atoms with E-state index in [1.807, 2.05) is 0 Å². The van der Waals surface area contributed by atoms with Gasteiger partial charge in [-0.05, 0) is 31.8 Å². The minimum absolute atomic E-state index is 0. The van der Waals surface area contributed by atoms with Gasteiger partial charge in [-0.25, -0.2) is 4.72 Å². The first-order valence-corrected chi connectivity index (χ1v) is 7.88. The molecule has 1 atom stereocenters. The van der Waals surface area contributed by atoms with E-state index in [-0.39, 0.29) is 25.4 Å². The molecule has 1 unspecified atom stereocenters. The molecule has 0 aromatic heterocycles. The third-order valence-corrected chi connectivity index (χ3v) is 4.84. The molecule has 0 bridgehead atoms. The highest BCUT2D eigenvalue weighted by Gasteiger charge is 2.20. The Morgan fingerprint density at radius 3 is 2.75 bits per heavy atom. The Kier molecular flexibility index (Phi) is 9.32. The van der Waals surface area contributed by atoms with Gasteiger partial charge >= 0.3 is 5.97 Å². The highest BCUT2D eigenvalue weighted by Crippen LogP contribution is 2.11. The first kappa shape index (κ1) is 19.6. The molecular formula is C11H24ClN3O4S. The summed E-state index contributed by atoms with van der Waals surface area (Å²) in [6.07, 6.45) is 1.98. The molecule has 7 nitrogen and oxygen atoms in total. The molecule has 120 valence electrons. The number of nitrogens with zero attached hydrogens (tertiary/aromatic N) is 1. The number of nitrogens with one attached hydrogen (secondary N) is 2. The molecule has 0 aromatic rings. The van der Waals surface area contributed by atoms with Gasteiger partial charge in [0.2, 0.25) is 0 Å². The molecule has 1 fully saturated rings. The molecule has 0 amide bonds. The summed E-state index contributed by atoms with van der Waals surface area (Å²) in [6.45, 7) is 2.51. The largest absolute Gasteiger partial charge is 0.469 e. The maximum absolute atomic E-state index is 11.9. The van der Waals surface area contributed by atoms with Crippen molar-refractivity contribution in [2.24, 2.45) is 5.92 Å². The van der Waals surface area contributed by atoms with Crippen LogP contribution in [0.5, 0.6) is 0 Å². The van der Waals surface area contributed by atoms with E-state index in [9.17, 15) is 13.2 Å². The molecule has 0 spiro atoms. The van der Waals surface area contributed by atoms with Gasteiger partial charge in [0.05, 0.1) is 13.5 Å². The first-order chi connectivity index (χ1) is 8.95. The lowest BCUT2D eigenvalue weighted by Gasteiger charge is -2.17. The number of carbonyl (C=O) groups excluding carboxylic acids is 1. The Morgan fingerprint density at radius 1 is 1.50 bits per heavy atom. The van der Waals surface area contributed by atoms with Gasteiger partial charge in [0.1, 0.15) is 0 Å². The zero-order valence-electron chi connectivity index (χ0n) is 11.9. The molecular weight excluding hydrogens is 306 g/mol. The number of hydrogen-bond acceptors (Lipinski definition) is 5. The van der Waals surface area contributed by atoms with Crippen LogP contribution in [0.1, 0.15) is 19.3 Å². The van der Waals surface area contributed by atoms with Crippen LogP contribution in [0.2, 0.25) is 0 Å². The van der Waals surface area contributed by atoms with E-state index in [1.54, 1.807) is 0 Å². The van der Waals surface area contributed by atoms with Crippen molar-refractivity contribution in [3.05, 3.63) is 0 Å². The molecule has 2 N–H and O–H groups in total. The van der Waals surface area contributed by atoms with E-state index >= 15 is 0 Å². The number of hydrogen-bond donors (Lipinski definition) is 2. The lowest BCUT2D eigenvalue weighted by atomic mass is 10.1. The number of rotatable bonds is 8. The van der Waals surface area contributed by atoms with Crippen LogP contribution >= 0.6 is 12.4 Å². The quantitative estimate of drug-likeness (QED) is 0.599. The fraction of sp³-hybridized carbons (Fsp3) is 0.909. The summed E-state index contributed by atoms with van der Waals surface area (Å²) in [5.74, 6) is 0.127. The number of esters is 1. The van der Waals surface area contributed by atoms with E-state index in [2.05, 4.69) is 14.8 Å². The van der Waals surface area contributed by atoms with Crippen LogP contribution in [0.15, 0.2) is 0 Å². The van der Waals surface area contributed by atoms with Crippen LogP contribution in [-0.4, -0.2) is 59.0 Å². The van der Waals surface area contributed by atoms with Gasteiger partial charge in [-0.3, -0.25) is 4.79 Å². The average molecular weight is 330 g/mol. The van der Waals surface area contributed by atoms with Crippen LogP contribution in [0.3, 0.4) is 0 Å². The van der Waals surface area contributed by atoms with Crippen LogP contribution in [0.25, 0.3) is 0 Å². The summed E-state index contributed by atoms with van der Waals surface area (Å²) in [4.78, 5) is 11.0. The van der Waals surface area contributed by atoms with Gasteiger partial charge in [0.25, 0.3) is 10.2 Å². The van der Waals surface area contributed by atoms with E-state index in [1.165, 1.54) is 14.2 Å². The Hall–Kier alpha value is -0.410. The predicted molar refractivity (Wildman–Crippen MR) is 79.0 cm³/mol. The van der Waals surface area contributed by atoms with Crippen molar-refractivity contribution in [1.82, 2.24) is 14.3 Å². The van der Waals surface area contributed by atoms with Crippen molar-refractivity contribution in [2.45, 2.75) is 19.3 Å². The summed E-state index contributed by atoms with van der Waals surface area (Å²) in [7, 11) is -0.771. The monoisotopic (exact) mass is 329 g/mol. The number of methoxy groups -OCH3 is 1. The minimum atomic E-state index is -3.50. The maximum atomic E-state index is 11.9. The Bertz CT molecular complexity index is 385. The lowest BCUT2D eigenvalue weighted by Crippen LogP contribution is -2.40. The SMILES string of the molecule is COC(=O)CCN(C)S(=O)(=O)NCCC1CCNC1.Cl. The first-order valence-electron chi connectivity index (χ1n) is 6.44.